The van der Waals surface area contributed by atoms with Gasteiger partial charge in [-0.15, -0.1) is 0 Å². The highest BCUT2D eigenvalue weighted by Crippen LogP contribution is 2.15. The second-order valence-electron chi connectivity index (χ2n) is 4.49. The van der Waals surface area contributed by atoms with E-state index in [4.69, 9.17) is 17.3 Å². The van der Waals surface area contributed by atoms with Gasteiger partial charge < -0.3 is 16.0 Å². The van der Waals surface area contributed by atoms with Crippen molar-refractivity contribution >= 4 is 29.0 Å². The second-order valence-corrected chi connectivity index (χ2v) is 4.93. The number of nitrogen functional groups attached to an aromatic ring is 1. The third kappa shape index (κ3) is 3.65. The lowest BCUT2D eigenvalue weighted by Crippen LogP contribution is -2.31. The van der Waals surface area contributed by atoms with Gasteiger partial charge in [-0.25, -0.2) is 4.79 Å². The van der Waals surface area contributed by atoms with Crippen molar-refractivity contribution in [3.8, 4) is 0 Å². The lowest BCUT2D eigenvalue weighted by atomic mass is 10.2. The molecule has 0 atom stereocenters. The number of urea groups is 1. The molecule has 3 N–H and O–H groups in total. The van der Waals surface area contributed by atoms with Gasteiger partial charge in [0.25, 0.3) is 0 Å². The maximum atomic E-state index is 12.1. The molecule has 0 aliphatic heterocycles. The fourth-order valence-electron chi connectivity index (χ4n) is 1.76. The molecule has 2 aromatic carbocycles. The Balaban J connectivity index is 1.99. The van der Waals surface area contributed by atoms with Gasteiger partial charge in [-0.2, -0.15) is 0 Å². The first-order chi connectivity index (χ1) is 9.56. The highest BCUT2D eigenvalue weighted by Gasteiger charge is 2.10. The first-order valence-corrected chi connectivity index (χ1v) is 6.55. The molecule has 2 rings (SSSR count). The number of halogens is 1. The Hall–Kier alpha value is -2.20. The molecule has 0 radical (unpaired) electrons. The Kier molecular flexibility index (Phi) is 4.48. The van der Waals surface area contributed by atoms with E-state index in [9.17, 15) is 4.79 Å². The number of rotatable bonds is 3. The number of hydrogen-bond acceptors (Lipinski definition) is 2. The number of carbonyl (C=O) groups is 1. The van der Waals surface area contributed by atoms with Crippen molar-refractivity contribution in [3.63, 3.8) is 0 Å². The van der Waals surface area contributed by atoms with E-state index >= 15 is 0 Å². The molecular formula is C15H16ClN3O. The Labute approximate surface area is 123 Å². The van der Waals surface area contributed by atoms with Gasteiger partial charge in [0.05, 0.1) is 0 Å². The van der Waals surface area contributed by atoms with Crippen LogP contribution in [0.15, 0.2) is 48.5 Å². The maximum absolute atomic E-state index is 12.1. The molecular weight excluding hydrogens is 274 g/mol. The highest BCUT2D eigenvalue weighted by molar-refractivity contribution is 6.30. The molecule has 5 heteroatoms. The predicted octanol–water partition coefficient (Wildman–Crippen LogP) is 3.59. The van der Waals surface area contributed by atoms with Crippen LogP contribution >= 0.6 is 11.6 Å². The SMILES string of the molecule is CN(Cc1ccccc1N)C(=O)Nc1ccc(Cl)cc1. The molecule has 0 unspecified atom stereocenters. The van der Waals surface area contributed by atoms with Gasteiger partial charge in [0.1, 0.15) is 0 Å². The molecule has 0 saturated heterocycles. The minimum Gasteiger partial charge on any atom is -0.398 e. The summed E-state index contributed by atoms with van der Waals surface area (Å²) in [7, 11) is 1.72. The van der Waals surface area contributed by atoms with Gasteiger partial charge in [0, 0.05) is 30.0 Å². The molecule has 0 fully saturated rings. The van der Waals surface area contributed by atoms with Gasteiger partial charge in [0.15, 0.2) is 0 Å². The number of amides is 2. The Bertz CT molecular complexity index is 598. The molecule has 4 nitrogen and oxygen atoms in total. The number of anilines is 2. The van der Waals surface area contributed by atoms with Crippen LogP contribution in [-0.4, -0.2) is 18.0 Å². The number of para-hydroxylation sites is 1. The van der Waals surface area contributed by atoms with Gasteiger partial charge in [-0.1, -0.05) is 29.8 Å². The lowest BCUT2D eigenvalue weighted by Gasteiger charge is -2.19. The number of hydrogen-bond donors (Lipinski definition) is 2. The molecule has 20 heavy (non-hydrogen) atoms. The Morgan fingerprint density at radius 2 is 1.85 bits per heavy atom. The molecule has 0 heterocycles. The second kappa shape index (κ2) is 6.30. The smallest absolute Gasteiger partial charge is 0.321 e. The zero-order valence-corrected chi connectivity index (χ0v) is 11.9. The molecule has 104 valence electrons. The molecule has 0 spiro atoms. The molecule has 0 bridgehead atoms. The normalized spacial score (nSPS) is 10.1. The molecule has 0 aromatic heterocycles. The van der Waals surface area contributed by atoms with Gasteiger partial charge in [-0.05, 0) is 35.9 Å². The van der Waals surface area contributed by atoms with Crippen molar-refractivity contribution in [2.75, 3.05) is 18.1 Å². The van der Waals surface area contributed by atoms with Crippen LogP contribution in [0.5, 0.6) is 0 Å². The maximum Gasteiger partial charge on any atom is 0.321 e. The third-order valence-electron chi connectivity index (χ3n) is 2.90. The summed E-state index contributed by atoms with van der Waals surface area (Å²) in [5.74, 6) is 0. The third-order valence-corrected chi connectivity index (χ3v) is 3.16. The Morgan fingerprint density at radius 1 is 1.20 bits per heavy atom. The van der Waals surface area contributed by atoms with Crippen LogP contribution < -0.4 is 11.1 Å². The molecule has 0 aliphatic carbocycles. The molecule has 0 aliphatic rings. The number of nitrogens with two attached hydrogens (primary N) is 1. The zero-order chi connectivity index (χ0) is 14.5. The van der Waals surface area contributed by atoms with E-state index in [0.717, 1.165) is 5.56 Å². The number of nitrogens with one attached hydrogen (secondary N) is 1. The van der Waals surface area contributed by atoms with Crippen LogP contribution in [0.4, 0.5) is 16.2 Å². The fourth-order valence-corrected chi connectivity index (χ4v) is 1.88. The Morgan fingerprint density at radius 3 is 2.50 bits per heavy atom. The summed E-state index contributed by atoms with van der Waals surface area (Å²) in [6.45, 7) is 0.450. The van der Waals surface area contributed by atoms with Crippen LogP contribution in [-0.2, 0) is 6.54 Å². The number of benzene rings is 2. The summed E-state index contributed by atoms with van der Waals surface area (Å²) in [6, 6.07) is 14.3. The average Bonchev–Trinajstić information content (AvgIpc) is 2.44. The zero-order valence-electron chi connectivity index (χ0n) is 11.1. The molecule has 2 amide bonds. The highest BCUT2D eigenvalue weighted by atomic mass is 35.5. The van der Waals surface area contributed by atoms with Crippen molar-refractivity contribution in [1.29, 1.82) is 0 Å². The minimum absolute atomic E-state index is 0.199. The minimum atomic E-state index is -0.199. The largest absolute Gasteiger partial charge is 0.398 e. The van der Waals surface area contributed by atoms with Crippen molar-refractivity contribution in [1.82, 2.24) is 4.90 Å². The van der Waals surface area contributed by atoms with Gasteiger partial charge in [-0.3, -0.25) is 0 Å². The standard InChI is InChI=1S/C15H16ClN3O/c1-19(10-11-4-2-3-5-14(11)17)15(20)18-13-8-6-12(16)7-9-13/h2-9H,10,17H2,1H3,(H,18,20). The van der Waals surface area contributed by atoms with Gasteiger partial charge >= 0.3 is 6.03 Å². The van der Waals surface area contributed by atoms with Crippen LogP contribution in [0, 0.1) is 0 Å². The summed E-state index contributed by atoms with van der Waals surface area (Å²) in [6.07, 6.45) is 0. The van der Waals surface area contributed by atoms with E-state index in [0.29, 0.717) is 22.9 Å². The summed E-state index contributed by atoms with van der Waals surface area (Å²) in [5.41, 5.74) is 8.16. The first-order valence-electron chi connectivity index (χ1n) is 6.17. The van der Waals surface area contributed by atoms with Crippen LogP contribution in [0.25, 0.3) is 0 Å². The van der Waals surface area contributed by atoms with E-state index in [1.165, 1.54) is 0 Å². The number of carbonyl (C=O) groups excluding carboxylic acids is 1. The van der Waals surface area contributed by atoms with Crippen molar-refractivity contribution in [2.45, 2.75) is 6.54 Å². The van der Waals surface area contributed by atoms with Crippen molar-refractivity contribution in [2.24, 2.45) is 0 Å². The lowest BCUT2D eigenvalue weighted by molar-refractivity contribution is 0.221. The van der Waals surface area contributed by atoms with Crippen LogP contribution in [0.2, 0.25) is 5.02 Å². The molecule has 0 saturated carbocycles. The monoisotopic (exact) mass is 289 g/mol. The quantitative estimate of drug-likeness (QED) is 0.849. The van der Waals surface area contributed by atoms with Crippen LogP contribution in [0.3, 0.4) is 0 Å². The van der Waals surface area contributed by atoms with Crippen LogP contribution in [0.1, 0.15) is 5.56 Å². The van der Waals surface area contributed by atoms with Crippen molar-refractivity contribution in [3.05, 3.63) is 59.1 Å². The molecule has 2 aromatic rings. The summed E-state index contributed by atoms with van der Waals surface area (Å²) >= 11 is 5.80. The van der Waals surface area contributed by atoms with Gasteiger partial charge in [0.2, 0.25) is 0 Å². The van der Waals surface area contributed by atoms with E-state index in [-0.39, 0.29) is 6.03 Å². The fraction of sp³-hybridized carbons (Fsp3) is 0.133. The number of nitrogens with zero attached hydrogens (tertiary/aromatic N) is 1. The average molecular weight is 290 g/mol. The summed E-state index contributed by atoms with van der Waals surface area (Å²) in [4.78, 5) is 13.6. The van der Waals surface area contributed by atoms with E-state index in [1.54, 1.807) is 36.2 Å². The van der Waals surface area contributed by atoms with E-state index in [1.807, 2.05) is 24.3 Å². The van der Waals surface area contributed by atoms with E-state index in [2.05, 4.69) is 5.32 Å². The topological polar surface area (TPSA) is 58.4 Å². The predicted molar refractivity (Wildman–Crippen MR) is 82.8 cm³/mol. The van der Waals surface area contributed by atoms with E-state index < -0.39 is 0 Å². The first kappa shape index (κ1) is 14.2. The summed E-state index contributed by atoms with van der Waals surface area (Å²) < 4.78 is 0. The van der Waals surface area contributed by atoms with Crippen molar-refractivity contribution < 1.29 is 4.79 Å². The summed E-state index contributed by atoms with van der Waals surface area (Å²) in [5, 5.41) is 3.43.